The normalized spacial score (nSPS) is 11.0. The summed E-state index contributed by atoms with van der Waals surface area (Å²) in [6.07, 6.45) is 0.973. The SMILES string of the molecule is CCNc1cc(CC(C)C)nc(-c2ccc(Br)s2)n1. The van der Waals surface area contributed by atoms with E-state index >= 15 is 0 Å². The minimum atomic E-state index is 0.590. The molecule has 0 saturated heterocycles. The Labute approximate surface area is 126 Å². The number of rotatable bonds is 5. The van der Waals surface area contributed by atoms with Gasteiger partial charge < -0.3 is 5.32 Å². The second-order valence-electron chi connectivity index (χ2n) is 4.80. The van der Waals surface area contributed by atoms with Crippen molar-refractivity contribution in [3.8, 4) is 10.7 Å². The molecule has 3 nitrogen and oxygen atoms in total. The average molecular weight is 340 g/mol. The van der Waals surface area contributed by atoms with Crippen LogP contribution in [-0.4, -0.2) is 16.5 Å². The smallest absolute Gasteiger partial charge is 0.171 e. The average Bonchev–Trinajstić information content (AvgIpc) is 2.75. The summed E-state index contributed by atoms with van der Waals surface area (Å²) in [6, 6.07) is 6.14. The van der Waals surface area contributed by atoms with Gasteiger partial charge in [0.1, 0.15) is 5.82 Å². The van der Waals surface area contributed by atoms with E-state index < -0.39 is 0 Å². The Morgan fingerprint density at radius 2 is 2.11 bits per heavy atom. The molecule has 0 aliphatic carbocycles. The topological polar surface area (TPSA) is 37.8 Å². The van der Waals surface area contributed by atoms with Gasteiger partial charge >= 0.3 is 0 Å². The van der Waals surface area contributed by atoms with E-state index in [-0.39, 0.29) is 0 Å². The van der Waals surface area contributed by atoms with E-state index in [1.807, 2.05) is 6.07 Å². The molecule has 2 heterocycles. The molecule has 19 heavy (non-hydrogen) atoms. The van der Waals surface area contributed by atoms with Crippen molar-refractivity contribution in [3.05, 3.63) is 27.7 Å². The maximum absolute atomic E-state index is 4.68. The third kappa shape index (κ3) is 4.01. The molecule has 0 unspecified atom stereocenters. The number of halogens is 1. The molecule has 5 heteroatoms. The van der Waals surface area contributed by atoms with E-state index in [9.17, 15) is 0 Å². The highest BCUT2D eigenvalue weighted by Gasteiger charge is 2.10. The van der Waals surface area contributed by atoms with Crippen molar-refractivity contribution >= 4 is 33.1 Å². The van der Waals surface area contributed by atoms with Crippen molar-refractivity contribution < 1.29 is 0 Å². The predicted octanol–water partition coefficient (Wildman–Crippen LogP) is 4.60. The Morgan fingerprint density at radius 3 is 2.68 bits per heavy atom. The van der Waals surface area contributed by atoms with E-state index in [2.05, 4.69) is 64.1 Å². The molecule has 102 valence electrons. The molecule has 0 aliphatic heterocycles. The number of hydrogen-bond acceptors (Lipinski definition) is 4. The minimum absolute atomic E-state index is 0.590. The molecule has 0 atom stereocenters. The first-order valence-electron chi connectivity index (χ1n) is 6.46. The van der Waals surface area contributed by atoms with Crippen LogP contribution in [0.15, 0.2) is 22.0 Å². The lowest BCUT2D eigenvalue weighted by Crippen LogP contribution is -2.05. The molecule has 2 rings (SSSR count). The molecular formula is C14H18BrN3S. The maximum atomic E-state index is 4.68. The van der Waals surface area contributed by atoms with Gasteiger partial charge in [0.05, 0.1) is 8.66 Å². The first-order valence-corrected chi connectivity index (χ1v) is 8.07. The van der Waals surface area contributed by atoms with Gasteiger partial charge in [0.2, 0.25) is 0 Å². The fourth-order valence-corrected chi connectivity index (χ4v) is 3.16. The van der Waals surface area contributed by atoms with Crippen LogP contribution >= 0.6 is 27.3 Å². The Bertz CT molecular complexity index is 551. The van der Waals surface area contributed by atoms with Crippen molar-refractivity contribution in [2.45, 2.75) is 27.2 Å². The van der Waals surface area contributed by atoms with Crippen LogP contribution in [0.3, 0.4) is 0 Å². The van der Waals surface area contributed by atoms with Crippen LogP contribution in [0.4, 0.5) is 5.82 Å². The van der Waals surface area contributed by atoms with Crippen LogP contribution in [0.25, 0.3) is 10.7 Å². The van der Waals surface area contributed by atoms with Gasteiger partial charge in [-0.15, -0.1) is 11.3 Å². The summed E-state index contributed by atoms with van der Waals surface area (Å²) >= 11 is 5.14. The van der Waals surface area contributed by atoms with Crippen molar-refractivity contribution in [1.29, 1.82) is 0 Å². The van der Waals surface area contributed by atoms with Gasteiger partial charge in [-0.25, -0.2) is 9.97 Å². The zero-order valence-corrected chi connectivity index (χ0v) is 13.8. The molecule has 1 N–H and O–H groups in total. The monoisotopic (exact) mass is 339 g/mol. The predicted molar refractivity (Wildman–Crippen MR) is 85.8 cm³/mol. The van der Waals surface area contributed by atoms with Crippen LogP contribution < -0.4 is 5.32 Å². The molecule has 2 aromatic rings. The fraction of sp³-hybridized carbons (Fsp3) is 0.429. The first-order chi connectivity index (χ1) is 9.08. The summed E-state index contributed by atoms with van der Waals surface area (Å²) in [7, 11) is 0. The van der Waals surface area contributed by atoms with Crippen LogP contribution in [0.1, 0.15) is 26.5 Å². The second-order valence-corrected chi connectivity index (χ2v) is 7.26. The van der Waals surface area contributed by atoms with Gasteiger partial charge in [-0.05, 0) is 47.3 Å². The number of thiophene rings is 1. The quantitative estimate of drug-likeness (QED) is 0.864. The second kappa shape index (κ2) is 6.48. The summed E-state index contributed by atoms with van der Waals surface area (Å²) < 4.78 is 1.10. The van der Waals surface area contributed by atoms with E-state index in [0.717, 1.165) is 39.0 Å². The number of nitrogens with zero attached hydrogens (tertiary/aromatic N) is 2. The van der Waals surface area contributed by atoms with E-state index in [4.69, 9.17) is 0 Å². The fourth-order valence-electron chi connectivity index (χ4n) is 1.84. The van der Waals surface area contributed by atoms with E-state index in [1.165, 1.54) is 0 Å². The lowest BCUT2D eigenvalue weighted by atomic mass is 10.1. The van der Waals surface area contributed by atoms with Gasteiger partial charge in [-0.2, -0.15) is 0 Å². The molecule has 0 amide bonds. The lowest BCUT2D eigenvalue weighted by molar-refractivity contribution is 0.635. The summed E-state index contributed by atoms with van der Waals surface area (Å²) in [5, 5.41) is 3.28. The molecule has 0 fully saturated rings. The Kier molecular flexibility index (Phi) is 4.93. The van der Waals surface area contributed by atoms with Crippen LogP contribution in [0, 0.1) is 5.92 Å². The van der Waals surface area contributed by atoms with Gasteiger partial charge in [0, 0.05) is 18.3 Å². The molecule has 0 saturated carbocycles. The molecule has 0 spiro atoms. The van der Waals surface area contributed by atoms with Crippen LogP contribution in [-0.2, 0) is 6.42 Å². The van der Waals surface area contributed by atoms with Gasteiger partial charge in [-0.3, -0.25) is 0 Å². The molecule has 0 aliphatic rings. The highest BCUT2D eigenvalue weighted by molar-refractivity contribution is 9.11. The van der Waals surface area contributed by atoms with Crippen LogP contribution in [0.5, 0.6) is 0 Å². The van der Waals surface area contributed by atoms with Crippen LogP contribution in [0.2, 0.25) is 0 Å². The number of aromatic nitrogens is 2. The highest BCUT2D eigenvalue weighted by atomic mass is 79.9. The zero-order chi connectivity index (χ0) is 13.8. The highest BCUT2D eigenvalue weighted by Crippen LogP contribution is 2.30. The molecule has 0 radical (unpaired) electrons. The third-order valence-corrected chi connectivity index (χ3v) is 4.17. The first kappa shape index (κ1) is 14.5. The molecule has 0 bridgehead atoms. The summed E-state index contributed by atoms with van der Waals surface area (Å²) in [5.74, 6) is 2.31. The Hall–Kier alpha value is -0.940. The van der Waals surface area contributed by atoms with Crippen molar-refractivity contribution in [2.24, 2.45) is 5.92 Å². The number of hydrogen-bond donors (Lipinski definition) is 1. The Balaban J connectivity index is 2.38. The maximum Gasteiger partial charge on any atom is 0.171 e. The Morgan fingerprint density at radius 1 is 1.32 bits per heavy atom. The largest absolute Gasteiger partial charge is 0.370 e. The van der Waals surface area contributed by atoms with E-state index in [0.29, 0.717) is 5.92 Å². The standard InChI is InChI=1S/C14H18BrN3S/c1-4-16-13-8-10(7-9(2)3)17-14(18-13)11-5-6-12(15)19-11/h5-6,8-9H,4,7H2,1-3H3,(H,16,17,18). The number of anilines is 1. The van der Waals surface area contributed by atoms with Crippen molar-refractivity contribution in [1.82, 2.24) is 9.97 Å². The zero-order valence-electron chi connectivity index (χ0n) is 11.4. The third-order valence-electron chi connectivity index (χ3n) is 2.55. The van der Waals surface area contributed by atoms with E-state index in [1.54, 1.807) is 11.3 Å². The molecule has 0 aromatic carbocycles. The summed E-state index contributed by atoms with van der Waals surface area (Å²) in [4.78, 5) is 10.4. The minimum Gasteiger partial charge on any atom is -0.370 e. The summed E-state index contributed by atoms with van der Waals surface area (Å²) in [5.41, 5.74) is 1.10. The number of nitrogens with one attached hydrogen (secondary N) is 1. The molecular weight excluding hydrogens is 322 g/mol. The summed E-state index contributed by atoms with van der Waals surface area (Å²) in [6.45, 7) is 7.35. The molecule has 2 aromatic heterocycles. The van der Waals surface area contributed by atoms with Gasteiger partial charge in [0.15, 0.2) is 5.82 Å². The van der Waals surface area contributed by atoms with Crippen molar-refractivity contribution in [2.75, 3.05) is 11.9 Å². The van der Waals surface area contributed by atoms with Gasteiger partial charge in [-0.1, -0.05) is 13.8 Å². The van der Waals surface area contributed by atoms with Crippen molar-refractivity contribution in [3.63, 3.8) is 0 Å². The lowest BCUT2D eigenvalue weighted by Gasteiger charge is -2.09. The van der Waals surface area contributed by atoms with Gasteiger partial charge in [0.25, 0.3) is 0 Å².